The van der Waals surface area contributed by atoms with Gasteiger partial charge in [-0.25, -0.2) is 0 Å². The van der Waals surface area contributed by atoms with Gasteiger partial charge in [-0.1, -0.05) is 12.1 Å². The number of ether oxygens (including phenoxy) is 1. The van der Waals surface area contributed by atoms with E-state index in [0.29, 0.717) is 44.1 Å². The summed E-state index contributed by atoms with van der Waals surface area (Å²) in [7, 11) is 1.63. The van der Waals surface area contributed by atoms with Crippen LogP contribution in [0.25, 0.3) is 0 Å². The van der Waals surface area contributed by atoms with Gasteiger partial charge in [-0.2, -0.15) is 5.10 Å². The number of rotatable bonds is 6. The van der Waals surface area contributed by atoms with Gasteiger partial charge in [-0.15, -0.1) is 0 Å². The highest BCUT2D eigenvalue weighted by molar-refractivity contribution is 5.98. The fourth-order valence-corrected chi connectivity index (χ4v) is 3.12. The summed E-state index contributed by atoms with van der Waals surface area (Å²) in [4.78, 5) is 28.8. The van der Waals surface area contributed by atoms with Gasteiger partial charge in [0, 0.05) is 32.2 Å². The maximum atomic E-state index is 12.8. The number of nitrogens with zero attached hydrogens (tertiary/aromatic N) is 4. The second-order valence-corrected chi connectivity index (χ2v) is 6.19. The Balaban J connectivity index is 1.76. The van der Waals surface area contributed by atoms with Gasteiger partial charge in [0.25, 0.3) is 11.8 Å². The van der Waals surface area contributed by atoms with Crippen LogP contribution >= 0.6 is 0 Å². The predicted octanol–water partition coefficient (Wildman–Crippen LogP) is 2.03. The molecule has 0 atom stereocenters. The summed E-state index contributed by atoms with van der Waals surface area (Å²) in [6, 6.07) is 9.29. The van der Waals surface area contributed by atoms with E-state index in [1.807, 2.05) is 38.1 Å². The number of aromatic nitrogens is 2. The predicted molar refractivity (Wildman–Crippen MR) is 97.2 cm³/mol. The lowest BCUT2D eigenvalue weighted by Gasteiger charge is -2.27. The van der Waals surface area contributed by atoms with Gasteiger partial charge in [-0.3, -0.25) is 14.3 Å². The third kappa shape index (κ3) is 3.42. The van der Waals surface area contributed by atoms with E-state index >= 15 is 0 Å². The van der Waals surface area contributed by atoms with Crippen molar-refractivity contribution in [1.29, 1.82) is 0 Å². The Morgan fingerprint density at radius 2 is 1.88 bits per heavy atom. The number of carbonyl (C=O) groups excluding carboxylic acids is 2. The minimum absolute atomic E-state index is 0.0989. The molecule has 2 heterocycles. The van der Waals surface area contributed by atoms with Crippen LogP contribution in [-0.2, 0) is 13.1 Å². The number of amides is 2. The average molecular weight is 356 g/mol. The first-order chi connectivity index (χ1) is 12.6. The quantitative estimate of drug-likeness (QED) is 0.794. The molecule has 0 aliphatic carbocycles. The van der Waals surface area contributed by atoms with Crippen LogP contribution in [0.3, 0.4) is 0 Å². The van der Waals surface area contributed by atoms with E-state index in [2.05, 4.69) is 5.10 Å². The standard InChI is InChI=1S/C19H24N4O3/c1-4-21(5-2)18(24)16-12-17-19(25)22(10-11-23(17)20-16)13-14-6-8-15(26-3)9-7-14/h6-9,12H,4-5,10-11,13H2,1-3H3. The topological polar surface area (TPSA) is 67.7 Å². The second-order valence-electron chi connectivity index (χ2n) is 6.19. The van der Waals surface area contributed by atoms with Gasteiger partial charge in [0.05, 0.1) is 13.7 Å². The van der Waals surface area contributed by atoms with Gasteiger partial charge in [0.2, 0.25) is 0 Å². The Morgan fingerprint density at radius 3 is 2.50 bits per heavy atom. The van der Waals surface area contributed by atoms with Crippen LogP contribution in [0.5, 0.6) is 5.75 Å². The van der Waals surface area contributed by atoms with Gasteiger partial charge in [-0.05, 0) is 31.5 Å². The molecule has 0 saturated carbocycles. The van der Waals surface area contributed by atoms with Gasteiger partial charge in [0.1, 0.15) is 11.4 Å². The highest BCUT2D eigenvalue weighted by Gasteiger charge is 2.28. The molecular formula is C19H24N4O3. The molecule has 1 aromatic carbocycles. The zero-order valence-electron chi connectivity index (χ0n) is 15.4. The van der Waals surface area contributed by atoms with E-state index in [9.17, 15) is 9.59 Å². The van der Waals surface area contributed by atoms with Crippen molar-refractivity contribution in [2.24, 2.45) is 0 Å². The van der Waals surface area contributed by atoms with Crippen LogP contribution in [0.4, 0.5) is 0 Å². The molecule has 1 aliphatic rings. The number of benzene rings is 1. The van der Waals surface area contributed by atoms with Gasteiger partial charge in [0.15, 0.2) is 5.69 Å². The van der Waals surface area contributed by atoms with E-state index < -0.39 is 0 Å². The zero-order chi connectivity index (χ0) is 18.7. The Labute approximate surface area is 153 Å². The normalized spacial score (nSPS) is 13.5. The van der Waals surface area contributed by atoms with Crippen LogP contribution in [0.15, 0.2) is 30.3 Å². The van der Waals surface area contributed by atoms with E-state index in [-0.39, 0.29) is 11.8 Å². The molecule has 0 spiro atoms. The molecule has 7 heteroatoms. The largest absolute Gasteiger partial charge is 0.497 e. The summed E-state index contributed by atoms with van der Waals surface area (Å²) in [5.41, 5.74) is 1.84. The van der Waals surface area contributed by atoms with Crippen molar-refractivity contribution in [3.8, 4) is 5.75 Å². The Bertz CT molecular complexity index is 794. The minimum Gasteiger partial charge on any atom is -0.497 e. The average Bonchev–Trinajstić information content (AvgIpc) is 3.11. The first-order valence-corrected chi connectivity index (χ1v) is 8.86. The zero-order valence-corrected chi connectivity index (χ0v) is 15.4. The molecule has 0 N–H and O–H groups in total. The van der Waals surface area contributed by atoms with Crippen molar-refractivity contribution in [1.82, 2.24) is 19.6 Å². The summed E-state index contributed by atoms with van der Waals surface area (Å²) >= 11 is 0. The first kappa shape index (κ1) is 18.0. The van der Waals surface area contributed by atoms with Crippen molar-refractivity contribution in [2.75, 3.05) is 26.7 Å². The van der Waals surface area contributed by atoms with Gasteiger partial charge >= 0.3 is 0 Å². The molecule has 1 aromatic heterocycles. The van der Waals surface area contributed by atoms with E-state index in [4.69, 9.17) is 4.74 Å². The summed E-state index contributed by atoms with van der Waals surface area (Å²) < 4.78 is 6.80. The van der Waals surface area contributed by atoms with Crippen molar-refractivity contribution < 1.29 is 14.3 Å². The maximum absolute atomic E-state index is 12.8. The van der Waals surface area contributed by atoms with Crippen LogP contribution in [0.1, 0.15) is 40.4 Å². The fourth-order valence-electron chi connectivity index (χ4n) is 3.12. The first-order valence-electron chi connectivity index (χ1n) is 8.86. The molecule has 0 saturated heterocycles. The monoisotopic (exact) mass is 356 g/mol. The van der Waals surface area contributed by atoms with E-state index in [0.717, 1.165) is 11.3 Å². The molecule has 0 bridgehead atoms. The lowest BCUT2D eigenvalue weighted by atomic mass is 10.1. The van der Waals surface area contributed by atoms with Crippen LogP contribution in [0, 0.1) is 0 Å². The second kappa shape index (κ2) is 7.59. The fraction of sp³-hybridized carbons (Fsp3) is 0.421. The molecule has 1 aliphatic heterocycles. The molecule has 3 rings (SSSR count). The SMILES string of the molecule is CCN(CC)C(=O)c1cc2n(n1)CCN(Cc1ccc(OC)cc1)C2=O. The summed E-state index contributed by atoms with van der Waals surface area (Å²) in [6.45, 7) is 6.77. The third-order valence-corrected chi connectivity index (χ3v) is 4.67. The molecule has 0 radical (unpaired) electrons. The van der Waals surface area contributed by atoms with Crippen LogP contribution in [0.2, 0.25) is 0 Å². The molecule has 26 heavy (non-hydrogen) atoms. The summed E-state index contributed by atoms with van der Waals surface area (Å²) in [6.07, 6.45) is 0. The summed E-state index contributed by atoms with van der Waals surface area (Å²) in [5.74, 6) is 0.556. The number of methoxy groups -OCH3 is 1. The Hall–Kier alpha value is -2.83. The highest BCUT2D eigenvalue weighted by Crippen LogP contribution is 2.19. The number of hydrogen-bond acceptors (Lipinski definition) is 4. The smallest absolute Gasteiger partial charge is 0.274 e. The van der Waals surface area contributed by atoms with Crippen molar-refractivity contribution in [3.05, 3.63) is 47.3 Å². The minimum atomic E-state index is -0.133. The molecule has 2 aromatic rings. The lowest BCUT2D eigenvalue weighted by molar-refractivity contribution is 0.0681. The van der Waals surface area contributed by atoms with Crippen molar-refractivity contribution in [3.63, 3.8) is 0 Å². The molecular weight excluding hydrogens is 332 g/mol. The Kier molecular flexibility index (Phi) is 5.25. The number of fused-ring (bicyclic) bond motifs is 1. The van der Waals surface area contributed by atoms with Gasteiger partial charge < -0.3 is 14.5 Å². The van der Waals surface area contributed by atoms with Crippen molar-refractivity contribution in [2.45, 2.75) is 26.9 Å². The highest BCUT2D eigenvalue weighted by atomic mass is 16.5. The number of hydrogen-bond donors (Lipinski definition) is 0. The number of carbonyl (C=O) groups is 2. The molecule has 0 fully saturated rings. The maximum Gasteiger partial charge on any atom is 0.274 e. The molecule has 2 amide bonds. The molecule has 138 valence electrons. The van der Waals surface area contributed by atoms with E-state index in [1.165, 1.54) is 0 Å². The lowest BCUT2D eigenvalue weighted by Crippen LogP contribution is -2.39. The molecule has 0 unspecified atom stereocenters. The van der Waals surface area contributed by atoms with E-state index in [1.54, 1.807) is 27.7 Å². The summed E-state index contributed by atoms with van der Waals surface area (Å²) in [5, 5.41) is 4.34. The third-order valence-electron chi connectivity index (χ3n) is 4.67. The van der Waals surface area contributed by atoms with Crippen LogP contribution < -0.4 is 4.74 Å². The molecule has 7 nitrogen and oxygen atoms in total. The van der Waals surface area contributed by atoms with Crippen LogP contribution in [-0.4, -0.2) is 58.1 Å². The van der Waals surface area contributed by atoms with Crippen molar-refractivity contribution >= 4 is 11.8 Å². The Morgan fingerprint density at radius 1 is 1.19 bits per heavy atom.